The number of amides is 1. The van der Waals surface area contributed by atoms with Crippen LogP contribution in [0.15, 0.2) is 0 Å². The van der Waals surface area contributed by atoms with E-state index in [1.165, 1.54) is 0 Å². The minimum atomic E-state index is -0.438. The number of hydrogen-bond acceptors (Lipinski definition) is 4. The number of carbonyl (C=O) groups is 1. The molecule has 3 atom stereocenters. The quantitative estimate of drug-likeness (QED) is 0.731. The van der Waals surface area contributed by atoms with Crippen LogP contribution in [0.4, 0.5) is 4.79 Å². The van der Waals surface area contributed by atoms with E-state index in [1.54, 1.807) is 4.90 Å². The van der Waals surface area contributed by atoms with Gasteiger partial charge >= 0.3 is 6.09 Å². The molecule has 104 valence electrons. The zero-order valence-corrected chi connectivity index (χ0v) is 11.6. The molecule has 2 aliphatic rings. The molecule has 3 unspecified atom stereocenters. The lowest BCUT2D eigenvalue weighted by Gasteiger charge is -2.50. The number of nitrogens with two attached hydrogens (primary N) is 1. The van der Waals surface area contributed by atoms with Gasteiger partial charge in [-0.15, -0.1) is 0 Å². The van der Waals surface area contributed by atoms with Crippen LogP contribution >= 0.6 is 0 Å². The fraction of sp³-hybridized carbons (Fsp3) is 0.923. The maximum absolute atomic E-state index is 12.1. The summed E-state index contributed by atoms with van der Waals surface area (Å²) in [6.45, 7) is 8.32. The fourth-order valence-corrected chi connectivity index (χ4v) is 2.84. The topological polar surface area (TPSA) is 67.6 Å². The van der Waals surface area contributed by atoms with Crippen molar-refractivity contribution < 1.29 is 9.53 Å². The predicted octanol–water partition coefficient (Wildman–Crippen LogP) is 0.933. The van der Waals surface area contributed by atoms with E-state index in [4.69, 9.17) is 10.5 Å². The molecule has 0 aromatic heterocycles. The van der Waals surface area contributed by atoms with Gasteiger partial charge in [0, 0.05) is 12.6 Å². The van der Waals surface area contributed by atoms with Gasteiger partial charge in [0.1, 0.15) is 5.60 Å². The zero-order valence-electron chi connectivity index (χ0n) is 11.6. The lowest BCUT2D eigenvalue weighted by Crippen LogP contribution is -2.70. The third-order valence-electron chi connectivity index (χ3n) is 3.65. The molecule has 1 amide bonds. The van der Waals surface area contributed by atoms with E-state index in [2.05, 4.69) is 5.32 Å². The molecule has 18 heavy (non-hydrogen) atoms. The maximum Gasteiger partial charge on any atom is 0.410 e. The number of likely N-dealkylation sites (tertiary alicyclic amines) is 1. The lowest BCUT2D eigenvalue weighted by molar-refractivity contribution is -0.0299. The second-order valence-electron chi connectivity index (χ2n) is 6.39. The molecule has 0 aliphatic carbocycles. The Morgan fingerprint density at radius 1 is 1.44 bits per heavy atom. The molecule has 2 saturated heterocycles. The van der Waals surface area contributed by atoms with Crippen LogP contribution in [0.2, 0.25) is 0 Å². The highest BCUT2D eigenvalue weighted by atomic mass is 16.6. The maximum atomic E-state index is 12.1. The highest BCUT2D eigenvalue weighted by Crippen LogP contribution is 2.29. The summed E-state index contributed by atoms with van der Waals surface area (Å²) in [5, 5.41) is 3.38. The van der Waals surface area contributed by atoms with E-state index in [0.717, 1.165) is 25.9 Å². The predicted molar refractivity (Wildman–Crippen MR) is 70.3 cm³/mol. The van der Waals surface area contributed by atoms with Gasteiger partial charge in [-0.3, -0.25) is 0 Å². The Labute approximate surface area is 109 Å². The van der Waals surface area contributed by atoms with Crippen LogP contribution in [-0.2, 0) is 4.74 Å². The van der Waals surface area contributed by atoms with Crippen LogP contribution in [0.3, 0.4) is 0 Å². The molecular weight excluding hydrogens is 230 g/mol. The van der Waals surface area contributed by atoms with Crippen molar-refractivity contribution in [3.05, 3.63) is 0 Å². The molecule has 0 aromatic carbocycles. The monoisotopic (exact) mass is 255 g/mol. The van der Waals surface area contributed by atoms with Crippen LogP contribution in [0, 0.1) is 5.92 Å². The molecular formula is C13H25N3O2. The van der Waals surface area contributed by atoms with Crippen molar-refractivity contribution in [3.8, 4) is 0 Å². The molecule has 0 aromatic rings. The Balaban J connectivity index is 1.94. The van der Waals surface area contributed by atoms with Crippen LogP contribution in [0.25, 0.3) is 0 Å². The van der Waals surface area contributed by atoms with Crippen LogP contribution in [0.1, 0.15) is 33.6 Å². The number of rotatable bonds is 1. The average Bonchev–Trinajstić information content (AvgIpc) is 2.24. The minimum Gasteiger partial charge on any atom is -0.444 e. The van der Waals surface area contributed by atoms with Crippen molar-refractivity contribution in [2.24, 2.45) is 11.7 Å². The summed E-state index contributed by atoms with van der Waals surface area (Å²) in [6, 6.07) is 0.245. The van der Waals surface area contributed by atoms with Crippen molar-refractivity contribution in [2.45, 2.75) is 51.3 Å². The van der Waals surface area contributed by atoms with Crippen molar-refractivity contribution in [3.63, 3.8) is 0 Å². The van der Waals surface area contributed by atoms with E-state index in [0.29, 0.717) is 12.5 Å². The van der Waals surface area contributed by atoms with E-state index in [-0.39, 0.29) is 18.2 Å². The molecule has 0 bridgehead atoms. The summed E-state index contributed by atoms with van der Waals surface area (Å²) >= 11 is 0. The number of carbonyl (C=O) groups excluding carboxylic acids is 1. The summed E-state index contributed by atoms with van der Waals surface area (Å²) < 4.78 is 5.42. The first-order valence-electron chi connectivity index (χ1n) is 6.84. The summed E-state index contributed by atoms with van der Waals surface area (Å²) in [5.74, 6) is 0.468. The van der Waals surface area contributed by atoms with Crippen molar-refractivity contribution in [1.29, 1.82) is 0 Å². The van der Waals surface area contributed by atoms with Crippen LogP contribution < -0.4 is 11.1 Å². The molecule has 0 spiro atoms. The van der Waals surface area contributed by atoms with Gasteiger partial charge in [0.2, 0.25) is 0 Å². The molecule has 2 fully saturated rings. The highest BCUT2D eigenvalue weighted by Gasteiger charge is 2.45. The molecule has 5 nitrogen and oxygen atoms in total. The summed E-state index contributed by atoms with van der Waals surface area (Å²) in [5.41, 5.74) is 5.63. The van der Waals surface area contributed by atoms with Crippen LogP contribution in [-0.4, -0.2) is 48.3 Å². The molecule has 0 radical (unpaired) electrons. The second kappa shape index (κ2) is 5.05. The van der Waals surface area contributed by atoms with Gasteiger partial charge in [0.15, 0.2) is 0 Å². The molecule has 5 heteroatoms. The fourth-order valence-electron chi connectivity index (χ4n) is 2.84. The smallest absolute Gasteiger partial charge is 0.410 e. The molecule has 2 aliphatic heterocycles. The van der Waals surface area contributed by atoms with Gasteiger partial charge < -0.3 is 20.7 Å². The van der Waals surface area contributed by atoms with Gasteiger partial charge in [-0.2, -0.15) is 0 Å². The van der Waals surface area contributed by atoms with Crippen molar-refractivity contribution in [1.82, 2.24) is 10.2 Å². The molecule has 2 heterocycles. The minimum absolute atomic E-state index is 0.0995. The molecule has 2 rings (SSSR count). The van der Waals surface area contributed by atoms with Crippen LogP contribution in [0.5, 0.6) is 0 Å². The summed E-state index contributed by atoms with van der Waals surface area (Å²) in [7, 11) is 0. The van der Waals surface area contributed by atoms with Gasteiger partial charge in [0.05, 0.1) is 6.04 Å². The van der Waals surface area contributed by atoms with E-state index in [9.17, 15) is 4.79 Å². The van der Waals surface area contributed by atoms with Gasteiger partial charge in [-0.1, -0.05) is 0 Å². The first-order valence-corrected chi connectivity index (χ1v) is 6.84. The summed E-state index contributed by atoms with van der Waals surface area (Å²) in [4.78, 5) is 13.9. The first-order chi connectivity index (χ1) is 8.38. The normalized spacial score (nSPS) is 32.9. The van der Waals surface area contributed by atoms with Crippen molar-refractivity contribution in [2.75, 3.05) is 19.6 Å². The zero-order chi connectivity index (χ0) is 13.3. The van der Waals surface area contributed by atoms with Gasteiger partial charge in [0.25, 0.3) is 0 Å². The number of piperidine rings is 1. The number of hydrogen-bond donors (Lipinski definition) is 2. The number of nitrogens with one attached hydrogen (secondary N) is 1. The van der Waals surface area contributed by atoms with Gasteiger partial charge in [-0.25, -0.2) is 4.79 Å². The number of nitrogens with zero attached hydrogens (tertiary/aromatic N) is 1. The Bertz CT molecular complexity index is 308. The third-order valence-corrected chi connectivity index (χ3v) is 3.65. The third kappa shape index (κ3) is 2.95. The van der Waals surface area contributed by atoms with Crippen molar-refractivity contribution >= 4 is 6.09 Å². The Hall–Kier alpha value is -0.810. The second-order valence-corrected chi connectivity index (χ2v) is 6.39. The highest BCUT2D eigenvalue weighted by molar-refractivity contribution is 5.70. The lowest BCUT2D eigenvalue weighted by atomic mass is 9.81. The summed E-state index contributed by atoms with van der Waals surface area (Å²) in [6.07, 6.45) is 2.08. The Morgan fingerprint density at radius 3 is 2.67 bits per heavy atom. The average molecular weight is 255 g/mol. The standard InChI is InChI=1S/C13H25N3O2/c1-13(2,3)18-12(17)16-8-10(14)11(16)9-5-4-6-15-7-9/h9-11,15H,4-8,14H2,1-3H3. The van der Waals surface area contributed by atoms with E-state index < -0.39 is 5.60 Å². The first kappa shape index (κ1) is 13.6. The largest absolute Gasteiger partial charge is 0.444 e. The SMILES string of the molecule is CC(C)(C)OC(=O)N1CC(N)C1C1CCCNC1. The Morgan fingerprint density at radius 2 is 2.17 bits per heavy atom. The Kier molecular flexibility index (Phi) is 3.82. The van der Waals surface area contributed by atoms with Gasteiger partial charge in [-0.05, 0) is 52.6 Å². The number of ether oxygens (including phenoxy) is 1. The van der Waals surface area contributed by atoms with E-state index >= 15 is 0 Å². The molecule has 3 N–H and O–H groups in total. The van der Waals surface area contributed by atoms with E-state index in [1.807, 2.05) is 20.8 Å². The molecule has 0 saturated carbocycles.